The average molecular weight is 295 g/mol. The Hall–Kier alpha value is -2.11. The first kappa shape index (κ1) is 15.3. The Balaban J connectivity index is 1.95. The van der Waals surface area contributed by atoms with Crippen molar-refractivity contribution in [2.45, 2.75) is 26.1 Å². The molecule has 1 aromatic carbocycles. The SMILES string of the molecule is C[C@]1(C(=O)O)CN(C(=O)OCc2ccccc2)CC[C@@H]1F. The number of amides is 1. The highest BCUT2D eigenvalue weighted by atomic mass is 19.1. The number of halogens is 1. The average Bonchev–Trinajstić information content (AvgIpc) is 2.48. The van der Waals surface area contributed by atoms with Crippen molar-refractivity contribution in [1.82, 2.24) is 4.90 Å². The Kier molecular flexibility index (Phi) is 4.45. The number of aliphatic carboxylic acids is 1. The fourth-order valence-electron chi connectivity index (χ4n) is 2.33. The van der Waals surface area contributed by atoms with Crippen LogP contribution in [0.5, 0.6) is 0 Å². The zero-order chi connectivity index (χ0) is 15.5. The lowest BCUT2D eigenvalue weighted by Gasteiger charge is -2.39. The van der Waals surface area contributed by atoms with Crippen molar-refractivity contribution in [3.05, 3.63) is 35.9 Å². The van der Waals surface area contributed by atoms with Gasteiger partial charge in [-0.05, 0) is 18.9 Å². The molecule has 6 heteroatoms. The Morgan fingerprint density at radius 3 is 2.71 bits per heavy atom. The maximum atomic E-state index is 13.8. The van der Waals surface area contributed by atoms with Gasteiger partial charge < -0.3 is 14.7 Å². The fraction of sp³-hybridized carbons (Fsp3) is 0.467. The number of rotatable bonds is 3. The lowest BCUT2D eigenvalue weighted by molar-refractivity contribution is -0.155. The molecule has 1 fully saturated rings. The number of carbonyl (C=O) groups excluding carboxylic acids is 1. The van der Waals surface area contributed by atoms with E-state index in [1.54, 1.807) is 0 Å². The fourth-order valence-corrected chi connectivity index (χ4v) is 2.33. The van der Waals surface area contributed by atoms with Crippen LogP contribution in [0.1, 0.15) is 18.9 Å². The smallest absolute Gasteiger partial charge is 0.410 e. The van der Waals surface area contributed by atoms with E-state index in [0.717, 1.165) is 5.56 Å². The zero-order valence-corrected chi connectivity index (χ0v) is 11.8. The molecule has 0 radical (unpaired) electrons. The van der Waals surface area contributed by atoms with Crippen LogP contribution >= 0.6 is 0 Å². The van der Waals surface area contributed by atoms with Gasteiger partial charge in [-0.25, -0.2) is 9.18 Å². The van der Waals surface area contributed by atoms with Crippen LogP contribution in [0.2, 0.25) is 0 Å². The maximum absolute atomic E-state index is 13.8. The summed E-state index contributed by atoms with van der Waals surface area (Å²) in [5, 5.41) is 9.16. The molecule has 1 N–H and O–H groups in total. The van der Waals surface area contributed by atoms with E-state index in [9.17, 15) is 14.0 Å². The molecule has 0 bridgehead atoms. The van der Waals surface area contributed by atoms with Gasteiger partial charge in [0.25, 0.3) is 0 Å². The van der Waals surface area contributed by atoms with Gasteiger partial charge in [-0.3, -0.25) is 4.79 Å². The number of hydrogen-bond acceptors (Lipinski definition) is 3. The van der Waals surface area contributed by atoms with Gasteiger partial charge in [0.05, 0.1) is 0 Å². The summed E-state index contributed by atoms with van der Waals surface area (Å²) in [6.07, 6.45) is -2.07. The Labute approximate surface area is 122 Å². The molecule has 2 rings (SSSR count). The quantitative estimate of drug-likeness (QED) is 0.930. The van der Waals surface area contributed by atoms with Crippen LogP contribution < -0.4 is 0 Å². The van der Waals surface area contributed by atoms with Gasteiger partial charge in [0.2, 0.25) is 0 Å². The third kappa shape index (κ3) is 3.32. The van der Waals surface area contributed by atoms with Crippen molar-refractivity contribution in [3.63, 3.8) is 0 Å². The normalized spacial score (nSPS) is 25.4. The van der Waals surface area contributed by atoms with Crippen LogP contribution in [-0.4, -0.2) is 41.3 Å². The van der Waals surface area contributed by atoms with Gasteiger partial charge >= 0.3 is 12.1 Å². The summed E-state index contributed by atoms with van der Waals surface area (Å²) in [5.41, 5.74) is -0.739. The van der Waals surface area contributed by atoms with Crippen LogP contribution in [0.15, 0.2) is 30.3 Å². The molecule has 1 aliphatic heterocycles. The summed E-state index contributed by atoms with van der Waals surface area (Å²) in [5.74, 6) is -1.24. The van der Waals surface area contributed by atoms with Crippen LogP contribution in [-0.2, 0) is 16.1 Å². The van der Waals surface area contributed by atoms with Crippen LogP contribution in [0.25, 0.3) is 0 Å². The molecular formula is C15H18FNO4. The van der Waals surface area contributed by atoms with Gasteiger partial charge in [-0.2, -0.15) is 0 Å². The molecule has 1 saturated heterocycles. The monoisotopic (exact) mass is 295 g/mol. The van der Waals surface area contributed by atoms with Crippen molar-refractivity contribution in [1.29, 1.82) is 0 Å². The van der Waals surface area contributed by atoms with Gasteiger partial charge in [0.1, 0.15) is 18.2 Å². The number of hydrogen-bond donors (Lipinski definition) is 1. The van der Waals surface area contributed by atoms with Crippen LogP contribution in [0, 0.1) is 5.41 Å². The number of alkyl halides is 1. The molecule has 1 amide bonds. The van der Waals surface area contributed by atoms with Gasteiger partial charge in [0, 0.05) is 13.1 Å². The van der Waals surface area contributed by atoms with E-state index in [2.05, 4.69) is 0 Å². The maximum Gasteiger partial charge on any atom is 0.410 e. The number of carboxylic acids is 1. The van der Waals surface area contributed by atoms with E-state index in [0.29, 0.717) is 0 Å². The highest BCUT2D eigenvalue weighted by molar-refractivity contribution is 5.77. The Bertz CT molecular complexity index is 522. The molecule has 114 valence electrons. The number of likely N-dealkylation sites (tertiary alicyclic amines) is 1. The van der Waals surface area contributed by atoms with E-state index in [-0.39, 0.29) is 26.1 Å². The van der Waals surface area contributed by atoms with Gasteiger partial charge in [-0.1, -0.05) is 30.3 Å². The minimum absolute atomic E-state index is 0.00321. The van der Waals surface area contributed by atoms with Crippen LogP contribution in [0.3, 0.4) is 0 Å². The van der Waals surface area contributed by atoms with Crippen molar-refractivity contribution in [3.8, 4) is 0 Å². The standard InChI is InChI=1S/C15H18FNO4/c1-15(13(18)19)10-17(8-7-12(15)16)14(20)21-9-11-5-3-2-4-6-11/h2-6,12H,7-10H2,1H3,(H,18,19)/t12-,15-/m0/s1. The van der Waals surface area contributed by atoms with Gasteiger partial charge in [0.15, 0.2) is 0 Å². The van der Waals surface area contributed by atoms with E-state index in [1.807, 2.05) is 30.3 Å². The molecule has 2 atom stereocenters. The molecule has 1 heterocycles. The Morgan fingerprint density at radius 2 is 2.10 bits per heavy atom. The Morgan fingerprint density at radius 1 is 1.43 bits per heavy atom. The number of nitrogens with zero attached hydrogens (tertiary/aromatic N) is 1. The number of carboxylic acid groups (broad SMARTS) is 1. The minimum Gasteiger partial charge on any atom is -0.481 e. The molecule has 1 aliphatic rings. The highest BCUT2D eigenvalue weighted by Gasteiger charge is 2.47. The lowest BCUT2D eigenvalue weighted by Crippen LogP contribution is -2.54. The van der Waals surface area contributed by atoms with Crippen molar-refractivity contribution in [2.24, 2.45) is 5.41 Å². The van der Waals surface area contributed by atoms with Gasteiger partial charge in [-0.15, -0.1) is 0 Å². The molecule has 0 aliphatic carbocycles. The summed E-state index contributed by atoms with van der Waals surface area (Å²) in [4.78, 5) is 24.4. The van der Waals surface area contributed by atoms with Crippen molar-refractivity contribution < 1.29 is 23.8 Å². The number of ether oxygens (including phenoxy) is 1. The molecule has 1 aromatic rings. The molecule has 0 unspecified atom stereocenters. The van der Waals surface area contributed by atoms with E-state index < -0.39 is 23.6 Å². The summed E-state index contributed by atoms with van der Waals surface area (Å²) in [6.45, 7) is 1.41. The largest absolute Gasteiger partial charge is 0.481 e. The van der Waals surface area contributed by atoms with E-state index in [1.165, 1.54) is 11.8 Å². The molecule has 5 nitrogen and oxygen atoms in total. The molecule has 0 saturated carbocycles. The van der Waals surface area contributed by atoms with E-state index in [4.69, 9.17) is 9.84 Å². The predicted octanol–water partition coefficient (Wildman–Crippen LogP) is 2.46. The third-order valence-corrected chi connectivity index (χ3v) is 3.82. The second-order valence-corrected chi connectivity index (χ2v) is 5.44. The summed E-state index contributed by atoms with van der Waals surface area (Å²) in [7, 11) is 0. The van der Waals surface area contributed by atoms with Crippen molar-refractivity contribution >= 4 is 12.1 Å². The first-order chi connectivity index (χ1) is 9.93. The van der Waals surface area contributed by atoms with Crippen molar-refractivity contribution in [2.75, 3.05) is 13.1 Å². The number of carbonyl (C=O) groups is 2. The molecule has 0 spiro atoms. The number of piperidine rings is 1. The third-order valence-electron chi connectivity index (χ3n) is 3.82. The summed E-state index contributed by atoms with van der Waals surface area (Å²) < 4.78 is 19.0. The predicted molar refractivity (Wildman–Crippen MR) is 73.5 cm³/mol. The highest BCUT2D eigenvalue weighted by Crippen LogP contribution is 2.33. The second-order valence-electron chi connectivity index (χ2n) is 5.44. The number of benzene rings is 1. The van der Waals surface area contributed by atoms with E-state index >= 15 is 0 Å². The second kappa shape index (κ2) is 6.11. The topological polar surface area (TPSA) is 66.8 Å². The zero-order valence-electron chi connectivity index (χ0n) is 11.8. The first-order valence-electron chi connectivity index (χ1n) is 6.76. The molecular weight excluding hydrogens is 277 g/mol. The summed E-state index contributed by atoms with van der Waals surface area (Å²) >= 11 is 0. The first-order valence-corrected chi connectivity index (χ1v) is 6.76. The molecule has 0 aromatic heterocycles. The lowest BCUT2D eigenvalue weighted by atomic mass is 9.80. The molecule has 21 heavy (non-hydrogen) atoms. The minimum atomic E-state index is -1.58. The summed E-state index contributed by atoms with van der Waals surface area (Å²) in [6, 6.07) is 9.17. The van der Waals surface area contributed by atoms with Crippen LogP contribution in [0.4, 0.5) is 9.18 Å².